The van der Waals surface area contributed by atoms with E-state index in [1.807, 2.05) is 12.1 Å². The smallest absolute Gasteiger partial charge is 0.147 e. The lowest BCUT2D eigenvalue weighted by atomic mass is 9.95. The highest BCUT2D eigenvalue weighted by molar-refractivity contribution is 5.14. The van der Waals surface area contributed by atoms with Gasteiger partial charge in [-0.15, -0.1) is 0 Å². The topological polar surface area (TPSA) is 47.9 Å². The lowest BCUT2D eigenvalue weighted by molar-refractivity contribution is -0.0572. The molecule has 130 valence electrons. The molecule has 0 saturated carbocycles. The Kier molecular flexibility index (Phi) is 12.4. The number of hydrogen-bond acceptors (Lipinski definition) is 4. The van der Waals surface area contributed by atoms with E-state index in [4.69, 9.17) is 19.3 Å². The number of aliphatic hydroxyl groups excluding tert-OH is 1. The van der Waals surface area contributed by atoms with Gasteiger partial charge in [0.15, 0.2) is 0 Å². The molecule has 0 unspecified atom stereocenters. The zero-order chi connectivity index (χ0) is 16.6. The second-order valence-electron chi connectivity index (χ2n) is 5.47. The molecule has 1 aromatic carbocycles. The molecule has 0 aliphatic rings. The fourth-order valence-corrected chi connectivity index (χ4v) is 2.31. The van der Waals surface area contributed by atoms with Crippen molar-refractivity contribution >= 4 is 0 Å². The molecule has 0 heterocycles. The maximum atomic E-state index is 9.04. The van der Waals surface area contributed by atoms with Crippen molar-refractivity contribution < 1.29 is 19.3 Å². The van der Waals surface area contributed by atoms with Crippen LogP contribution in [0, 0.1) is 5.92 Å². The number of allylic oxidation sites excluding steroid dienone is 1. The quantitative estimate of drug-likeness (QED) is 0.325. The van der Waals surface area contributed by atoms with E-state index in [9.17, 15) is 0 Å². The number of hydrogen-bond donors (Lipinski definition) is 1. The Morgan fingerprint density at radius 3 is 2.65 bits per heavy atom. The minimum Gasteiger partial charge on any atom is -0.396 e. The largest absolute Gasteiger partial charge is 0.396 e. The van der Waals surface area contributed by atoms with Crippen LogP contribution in [0.3, 0.4) is 0 Å². The summed E-state index contributed by atoms with van der Waals surface area (Å²) in [5, 5.41) is 9.04. The average Bonchev–Trinajstić information content (AvgIpc) is 2.59. The minimum atomic E-state index is 0.250. The van der Waals surface area contributed by atoms with Crippen LogP contribution < -0.4 is 0 Å². The van der Waals surface area contributed by atoms with Gasteiger partial charge in [-0.1, -0.05) is 42.5 Å². The van der Waals surface area contributed by atoms with Crippen molar-refractivity contribution in [3.05, 3.63) is 48.0 Å². The van der Waals surface area contributed by atoms with Crippen LogP contribution >= 0.6 is 0 Å². The zero-order valence-electron chi connectivity index (χ0n) is 14.2. The van der Waals surface area contributed by atoms with Crippen molar-refractivity contribution in [2.24, 2.45) is 5.92 Å². The van der Waals surface area contributed by atoms with Gasteiger partial charge in [0.05, 0.1) is 19.8 Å². The van der Waals surface area contributed by atoms with E-state index in [2.05, 4.69) is 30.3 Å². The van der Waals surface area contributed by atoms with Gasteiger partial charge in [0.2, 0.25) is 0 Å². The summed E-state index contributed by atoms with van der Waals surface area (Å²) >= 11 is 0. The molecule has 1 atom stereocenters. The van der Waals surface area contributed by atoms with Crippen LogP contribution in [-0.4, -0.2) is 45.4 Å². The Bertz CT molecular complexity index is 392. The molecular formula is C19H30O4. The van der Waals surface area contributed by atoms with Gasteiger partial charge in [-0.25, -0.2) is 0 Å². The first-order valence-corrected chi connectivity index (χ1v) is 8.32. The Hall–Kier alpha value is -1.20. The monoisotopic (exact) mass is 322 g/mol. The van der Waals surface area contributed by atoms with Gasteiger partial charge in [-0.3, -0.25) is 0 Å². The molecule has 1 aromatic rings. The van der Waals surface area contributed by atoms with E-state index in [1.165, 1.54) is 5.56 Å². The summed E-state index contributed by atoms with van der Waals surface area (Å²) in [6.07, 6.45) is 8.24. The first kappa shape index (κ1) is 19.8. The summed E-state index contributed by atoms with van der Waals surface area (Å²) in [6, 6.07) is 10.5. The van der Waals surface area contributed by atoms with Crippen LogP contribution in [0.5, 0.6) is 0 Å². The van der Waals surface area contributed by atoms with E-state index in [1.54, 1.807) is 7.11 Å². The van der Waals surface area contributed by atoms with Crippen LogP contribution in [0.1, 0.15) is 24.8 Å². The molecule has 0 fully saturated rings. The Morgan fingerprint density at radius 2 is 1.91 bits per heavy atom. The number of benzene rings is 1. The van der Waals surface area contributed by atoms with Gasteiger partial charge in [0, 0.05) is 13.7 Å². The number of rotatable bonds is 14. The Balaban J connectivity index is 2.22. The van der Waals surface area contributed by atoms with Gasteiger partial charge in [0.1, 0.15) is 6.79 Å². The Morgan fingerprint density at radius 1 is 1.09 bits per heavy atom. The number of aryl methyl sites for hydroxylation is 1. The van der Waals surface area contributed by atoms with Crippen LogP contribution in [0.15, 0.2) is 42.5 Å². The molecule has 0 spiro atoms. The maximum absolute atomic E-state index is 9.04. The number of ether oxygens (including phenoxy) is 3. The van der Waals surface area contributed by atoms with Gasteiger partial charge in [0.25, 0.3) is 0 Å². The van der Waals surface area contributed by atoms with Gasteiger partial charge < -0.3 is 19.3 Å². The zero-order valence-corrected chi connectivity index (χ0v) is 14.2. The van der Waals surface area contributed by atoms with Crippen molar-refractivity contribution in [3.63, 3.8) is 0 Å². The summed E-state index contributed by atoms with van der Waals surface area (Å²) in [6.45, 7) is 2.23. The highest BCUT2D eigenvalue weighted by Gasteiger charge is 2.05. The first-order chi connectivity index (χ1) is 11.4. The molecule has 1 rings (SSSR count). The standard InChI is InChI=1S/C19H30O4/c1-21-15-16-23-17-22-14-6-10-19(9-5-13-20)12-11-18-7-3-2-4-8-18/h2-4,6-8,10,19-20H,5,9,11-17H2,1H3/b10-6+/t19-/m0/s1. The summed E-state index contributed by atoms with van der Waals surface area (Å²) in [4.78, 5) is 0. The third-order valence-corrected chi connectivity index (χ3v) is 3.60. The average molecular weight is 322 g/mol. The molecule has 4 nitrogen and oxygen atoms in total. The van der Waals surface area contributed by atoms with E-state index in [0.717, 1.165) is 25.7 Å². The highest BCUT2D eigenvalue weighted by Crippen LogP contribution is 2.16. The second-order valence-corrected chi connectivity index (χ2v) is 5.47. The third-order valence-electron chi connectivity index (χ3n) is 3.60. The molecule has 23 heavy (non-hydrogen) atoms. The van der Waals surface area contributed by atoms with Crippen molar-refractivity contribution in [3.8, 4) is 0 Å². The summed E-state index contributed by atoms with van der Waals surface area (Å²) < 4.78 is 15.5. The summed E-state index contributed by atoms with van der Waals surface area (Å²) in [5.74, 6) is 0.473. The fourth-order valence-electron chi connectivity index (χ4n) is 2.31. The molecule has 0 aliphatic heterocycles. The summed E-state index contributed by atoms with van der Waals surface area (Å²) in [5.41, 5.74) is 1.36. The van der Waals surface area contributed by atoms with Gasteiger partial charge in [-0.2, -0.15) is 0 Å². The van der Waals surface area contributed by atoms with E-state index in [0.29, 0.717) is 32.5 Å². The predicted octanol–water partition coefficient (Wildman–Crippen LogP) is 3.20. The van der Waals surface area contributed by atoms with Crippen molar-refractivity contribution in [2.45, 2.75) is 25.7 Å². The van der Waals surface area contributed by atoms with E-state index in [-0.39, 0.29) is 6.61 Å². The van der Waals surface area contributed by atoms with Crippen LogP contribution in [0.2, 0.25) is 0 Å². The maximum Gasteiger partial charge on any atom is 0.147 e. The lowest BCUT2D eigenvalue weighted by Crippen LogP contribution is -2.06. The molecule has 1 N–H and O–H groups in total. The van der Waals surface area contributed by atoms with Crippen molar-refractivity contribution in [1.29, 1.82) is 0 Å². The predicted molar refractivity (Wildman–Crippen MR) is 92.4 cm³/mol. The van der Waals surface area contributed by atoms with Gasteiger partial charge >= 0.3 is 0 Å². The number of methoxy groups -OCH3 is 1. The summed E-state index contributed by atoms with van der Waals surface area (Å²) in [7, 11) is 1.65. The number of aliphatic hydroxyl groups is 1. The van der Waals surface area contributed by atoms with Crippen LogP contribution in [0.4, 0.5) is 0 Å². The van der Waals surface area contributed by atoms with Gasteiger partial charge in [-0.05, 0) is 37.2 Å². The molecular weight excluding hydrogens is 292 g/mol. The molecule has 0 aromatic heterocycles. The van der Waals surface area contributed by atoms with Crippen LogP contribution in [0.25, 0.3) is 0 Å². The molecule has 4 heteroatoms. The molecule has 0 amide bonds. The van der Waals surface area contributed by atoms with E-state index < -0.39 is 0 Å². The van der Waals surface area contributed by atoms with Crippen LogP contribution in [-0.2, 0) is 20.6 Å². The highest BCUT2D eigenvalue weighted by atomic mass is 16.7. The third kappa shape index (κ3) is 11.0. The van der Waals surface area contributed by atoms with E-state index >= 15 is 0 Å². The molecule has 0 radical (unpaired) electrons. The molecule has 0 saturated heterocycles. The molecule has 0 bridgehead atoms. The van der Waals surface area contributed by atoms with Crippen molar-refractivity contribution in [2.75, 3.05) is 40.3 Å². The first-order valence-electron chi connectivity index (χ1n) is 8.32. The lowest BCUT2D eigenvalue weighted by Gasteiger charge is -2.12. The van der Waals surface area contributed by atoms with Crippen molar-refractivity contribution in [1.82, 2.24) is 0 Å². The fraction of sp³-hybridized carbons (Fsp3) is 0.579. The SMILES string of the molecule is COCCOCOC/C=C/[C@H](CCCO)CCc1ccccc1. The molecule has 0 aliphatic carbocycles. The Labute approximate surface area is 140 Å². The second kappa shape index (κ2) is 14.4. The minimum absolute atomic E-state index is 0.250. The normalized spacial score (nSPS) is 12.8.